The van der Waals surface area contributed by atoms with E-state index in [0.717, 1.165) is 13.2 Å². The molecule has 1 unspecified atom stereocenters. The Hall–Kier alpha value is -0.200. The lowest BCUT2D eigenvalue weighted by atomic mass is 10.4. The Morgan fingerprint density at radius 2 is 1.50 bits per heavy atom. The lowest BCUT2D eigenvalue weighted by Crippen LogP contribution is -2.23. The fourth-order valence-corrected chi connectivity index (χ4v) is 1.05. The first kappa shape index (κ1) is 10.3. The molecule has 14 heavy (non-hydrogen) atoms. The molecule has 2 aliphatic rings. The van der Waals surface area contributed by atoms with Gasteiger partial charge in [-0.25, -0.2) is 0 Å². The van der Waals surface area contributed by atoms with Crippen LogP contribution in [0.1, 0.15) is 0 Å². The molecule has 2 rings (SSSR count). The summed E-state index contributed by atoms with van der Waals surface area (Å²) >= 11 is 0. The summed E-state index contributed by atoms with van der Waals surface area (Å²) in [5, 5.41) is 9.38. The van der Waals surface area contributed by atoms with Crippen molar-refractivity contribution in [2.24, 2.45) is 0 Å². The van der Waals surface area contributed by atoms with E-state index in [4.69, 9.17) is 18.9 Å². The van der Waals surface area contributed by atoms with Gasteiger partial charge in [-0.15, -0.1) is 0 Å². The summed E-state index contributed by atoms with van der Waals surface area (Å²) in [5.41, 5.74) is 0. The molecule has 0 bridgehead atoms. The van der Waals surface area contributed by atoms with Crippen molar-refractivity contribution < 1.29 is 24.1 Å². The fourth-order valence-electron chi connectivity index (χ4n) is 1.05. The molecule has 0 radical (unpaired) electrons. The van der Waals surface area contributed by atoms with Crippen molar-refractivity contribution in [3.05, 3.63) is 0 Å². The Morgan fingerprint density at radius 3 is 1.86 bits per heavy atom. The van der Waals surface area contributed by atoms with Crippen LogP contribution in [0.3, 0.4) is 0 Å². The van der Waals surface area contributed by atoms with Gasteiger partial charge >= 0.3 is 0 Å². The number of rotatable bonds is 8. The van der Waals surface area contributed by atoms with Gasteiger partial charge in [0.15, 0.2) is 0 Å². The summed E-state index contributed by atoms with van der Waals surface area (Å²) in [6, 6.07) is 0. The molecule has 5 heteroatoms. The van der Waals surface area contributed by atoms with Crippen LogP contribution in [0.4, 0.5) is 0 Å². The summed E-state index contributed by atoms with van der Waals surface area (Å²) in [7, 11) is 0. The summed E-state index contributed by atoms with van der Waals surface area (Å²) < 4.78 is 20.3. The van der Waals surface area contributed by atoms with Crippen LogP contribution in [0.2, 0.25) is 0 Å². The van der Waals surface area contributed by atoms with E-state index in [2.05, 4.69) is 0 Å². The van der Waals surface area contributed by atoms with E-state index in [1.807, 2.05) is 0 Å². The second kappa shape index (κ2) is 5.04. The van der Waals surface area contributed by atoms with Gasteiger partial charge in [0.1, 0.15) is 18.3 Å². The zero-order chi connectivity index (χ0) is 9.80. The van der Waals surface area contributed by atoms with E-state index < -0.39 is 6.10 Å². The molecular weight excluding hydrogens is 188 g/mol. The number of hydrogen-bond acceptors (Lipinski definition) is 5. The number of hydrogen-bond donors (Lipinski definition) is 1. The Bertz CT molecular complexity index is 149. The molecule has 2 heterocycles. The number of aliphatic hydroxyl groups is 1. The van der Waals surface area contributed by atoms with Crippen LogP contribution in [0.25, 0.3) is 0 Å². The highest BCUT2D eigenvalue weighted by Gasteiger charge is 2.24. The standard InChI is InChI=1S/C9H16O5/c10-7(1-11-3-8-5-13-8)2-12-4-9-6-14-9/h7-10H,1-6H2/t7?,8-,9+. The first-order valence-corrected chi connectivity index (χ1v) is 4.91. The predicted octanol–water partition coefficient (Wildman–Crippen LogP) is -0.822. The molecule has 2 fully saturated rings. The van der Waals surface area contributed by atoms with Crippen LogP contribution >= 0.6 is 0 Å². The monoisotopic (exact) mass is 204 g/mol. The molecule has 0 amide bonds. The molecule has 82 valence electrons. The van der Waals surface area contributed by atoms with Gasteiger partial charge in [-0.05, 0) is 0 Å². The van der Waals surface area contributed by atoms with Gasteiger partial charge in [-0.1, -0.05) is 0 Å². The maximum atomic E-state index is 9.38. The molecule has 3 atom stereocenters. The SMILES string of the molecule is OC(COC[C@@H]1CO1)COC[C@H]1CO1. The molecule has 0 spiro atoms. The van der Waals surface area contributed by atoms with Crippen LogP contribution < -0.4 is 0 Å². The van der Waals surface area contributed by atoms with Crippen molar-refractivity contribution in [1.82, 2.24) is 0 Å². The molecule has 0 aliphatic carbocycles. The second-order valence-corrected chi connectivity index (χ2v) is 3.64. The highest BCUT2D eigenvalue weighted by atomic mass is 16.6. The van der Waals surface area contributed by atoms with Crippen LogP contribution in [-0.4, -0.2) is 63.1 Å². The molecule has 2 aliphatic heterocycles. The Kier molecular flexibility index (Phi) is 3.72. The fraction of sp³-hybridized carbons (Fsp3) is 1.00. The third kappa shape index (κ3) is 4.34. The van der Waals surface area contributed by atoms with Gasteiger partial charge in [0.2, 0.25) is 0 Å². The van der Waals surface area contributed by atoms with Gasteiger partial charge in [-0.2, -0.15) is 0 Å². The molecule has 0 aromatic heterocycles. The quantitative estimate of drug-likeness (QED) is 0.523. The van der Waals surface area contributed by atoms with Crippen LogP contribution in [-0.2, 0) is 18.9 Å². The highest BCUT2D eigenvalue weighted by molar-refractivity contribution is 4.69. The van der Waals surface area contributed by atoms with Crippen molar-refractivity contribution in [2.75, 3.05) is 39.6 Å². The van der Waals surface area contributed by atoms with Crippen LogP contribution in [0, 0.1) is 0 Å². The molecule has 0 saturated carbocycles. The van der Waals surface area contributed by atoms with Crippen molar-refractivity contribution >= 4 is 0 Å². The Labute approximate surface area is 82.9 Å². The van der Waals surface area contributed by atoms with E-state index in [9.17, 15) is 5.11 Å². The topological polar surface area (TPSA) is 63.8 Å². The molecule has 0 aromatic carbocycles. The molecule has 0 aromatic rings. The third-order valence-electron chi connectivity index (χ3n) is 2.03. The molecule has 5 nitrogen and oxygen atoms in total. The van der Waals surface area contributed by atoms with Gasteiger partial charge in [0.25, 0.3) is 0 Å². The maximum absolute atomic E-state index is 9.38. The lowest BCUT2D eigenvalue weighted by molar-refractivity contribution is -0.0239. The normalized spacial score (nSPS) is 31.5. The van der Waals surface area contributed by atoms with Crippen molar-refractivity contribution in [3.8, 4) is 0 Å². The van der Waals surface area contributed by atoms with E-state index in [1.165, 1.54) is 0 Å². The molecule has 2 saturated heterocycles. The largest absolute Gasteiger partial charge is 0.388 e. The summed E-state index contributed by atoms with van der Waals surface area (Å²) in [4.78, 5) is 0. The molecule has 1 N–H and O–H groups in total. The smallest absolute Gasteiger partial charge is 0.104 e. The van der Waals surface area contributed by atoms with Gasteiger partial charge in [-0.3, -0.25) is 0 Å². The zero-order valence-electron chi connectivity index (χ0n) is 8.05. The minimum atomic E-state index is -0.549. The van der Waals surface area contributed by atoms with E-state index in [0.29, 0.717) is 26.4 Å². The molecular formula is C9H16O5. The van der Waals surface area contributed by atoms with Crippen LogP contribution in [0.15, 0.2) is 0 Å². The average molecular weight is 204 g/mol. The average Bonchev–Trinajstić information content (AvgIpc) is 2.99. The summed E-state index contributed by atoms with van der Waals surface area (Å²) in [6.07, 6.45) is -0.0431. The van der Waals surface area contributed by atoms with E-state index >= 15 is 0 Å². The Morgan fingerprint density at radius 1 is 1.07 bits per heavy atom. The van der Waals surface area contributed by atoms with Crippen molar-refractivity contribution in [1.29, 1.82) is 0 Å². The minimum Gasteiger partial charge on any atom is -0.388 e. The Balaban J connectivity index is 1.38. The first-order chi connectivity index (χ1) is 6.84. The number of epoxide rings is 2. The lowest BCUT2D eigenvalue weighted by Gasteiger charge is -2.10. The number of ether oxygens (including phenoxy) is 4. The van der Waals surface area contributed by atoms with Crippen LogP contribution in [0.5, 0.6) is 0 Å². The van der Waals surface area contributed by atoms with Gasteiger partial charge in [0.05, 0.1) is 39.6 Å². The summed E-state index contributed by atoms with van der Waals surface area (Å²) in [6.45, 7) is 3.33. The summed E-state index contributed by atoms with van der Waals surface area (Å²) in [5.74, 6) is 0. The van der Waals surface area contributed by atoms with Crippen molar-refractivity contribution in [3.63, 3.8) is 0 Å². The number of aliphatic hydroxyl groups excluding tert-OH is 1. The minimum absolute atomic E-state index is 0.253. The van der Waals surface area contributed by atoms with E-state index in [-0.39, 0.29) is 12.2 Å². The third-order valence-corrected chi connectivity index (χ3v) is 2.03. The van der Waals surface area contributed by atoms with Crippen molar-refractivity contribution in [2.45, 2.75) is 18.3 Å². The maximum Gasteiger partial charge on any atom is 0.104 e. The first-order valence-electron chi connectivity index (χ1n) is 4.91. The predicted molar refractivity (Wildman–Crippen MR) is 47.1 cm³/mol. The van der Waals surface area contributed by atoms with E-state index in [1.54, 1.807) is 0 Å². The van der Waals surface area contributed by atoms with Gasteiger partial charge < -0.3 is 24.1 Å². The second-order valence-electron chi connectivity index (χ2n) is 3.64. The van der Waals surface area contributed by atoms with Gasteiger partial charge in [0, 0.05) is 0 Å². The zero-order valence-corrected chi connectivity index (χ0v) is 8.05. The highest BCUT2D eigenvalue weighted by Crippen LogP contribution is 2.09.